The molecule has 0 aromatic rings. The van der Waals surface area contributed by atoms with E-state index in [1.54, 1.807) is 0 Å². The normalized spacial score (nSPS) is 16.2. The van der Waals surface area contributed by atoms with Crippen LogP contribution in [0.5, 0.6) is 0 Å². The van der Waals surface area contributed by atoms with Crippen LogP contribution < -0.4 is 5.73 Å². The Morgan fingerprint density at radius 3 is 1.74 bits per heavy atom. The van der Waals surface area contributed by atoms with Gasteiger partial charge in [0.15, 0.2) is 0 Å². The average molecular weight is 468 g/mol. The van der Waals surface area contributed by atoms with E-state index in [1.807, 2.05) is 21.1 Å². The highest BCUT2D eigenvalue weighted by atomic mass is 31.2. The first-order chi connectivity index (χ1) is 14.6. The topological polar surface area (TPSA) is 102 Å². The van der Waals surface area contributed by atoms with Gasteiger partial charge in [0.2, 0.25) is 0 Å². The summed E-state index contributed by atoms with van der Waals surface area (Å²) in [5.74, 6) is 0. The van der Waals surface area contributed by atoms with E-state index in [0.29, 0.717) is 17.4 Å². The summed E-state index contributed by atoms with van der Waals surface area (Å²) in [7, 11) is 1.77. The van der Waals surface area contributed by atoms with E-state index in [2.05, 4.69) is 6.92 Å². The van der Waals surface area contributed by atoms with Gasteiger partial charge in [0, 0.05) is 0 Å². The van der Waals surface area contributed by atoms with Gasteiger partial charge in [0.1, 0.15) is 13.2 Å². The van der Waals surface area contributed by atoms with E-state index in [-0.39, 0.29) is 13.2 Å². The van der Waals surface area contributed by atoms with Gasteiger partial charge in [-0.1, -0.05) is 90.4 Å². The van der Waals surface area contributed by atoms with Crippen LogP contribution in [0.1, 0.15) is 96.8 Å². The van der Waals surface area contributed by atoms with Gasteiger partial charge in [-0.25, -0.2) is 4.57 Å². The molecule has 0 spiro atoms. The molecular formula is C23H52N2O5P+. The van der Waals surface area contributed by atoms with Crippen molar-refractivity contribution in [2.75, 3.05) is 40.9 Å². The molecule has 0 saturated heterocycles. The van der Waals surface area contributed by atoms with Crippen LogP contribution in [0.4, 0.5) is 0 Å². The zero-order valence-electron chi connectivity index (χ0n) is 20.8. The molecule has 0 fully saturated rings. The number of aliphatic hydroxyl groups excluding tert-OH is 1. The Balaban J connectivity index is 3.62. The second-order valence-electron chi connectivity index (χ2n) is 9.87. The Labute approximate surface area is 191 Å². The Bertz CT molecular complexity index is 460. The SMILES string of the molecule is CCCCCCCCCCCCCCCC(O)C(N)COP(=O)(O)OCC[N+](C)(C)C. The standard InChI is InChI=1S/C23H51N2O5P/c1-5-6-7-8-9-10-11-12-13-14-15-16-17-18-23(26)22(24)21-30-31(27,28)29-20-19-25(2,3)4/h22-23,26H,5-21,24H2,1-4H3/p+1. The minimum Gasteiger partial charge on any atom is -0.391 e. The molecule has 3 unspecified atom stereocenters. The average Bonchev–Trinajstić information content (AvgIpc) is 2.68. The van der Waals surface area contributed by atoms with Crippen molar-refractivity contribution in [3.05, 3.63) is 0 Å². The molecule has 0 aliphatic rings. The summed E-state index contributed by atoms with van der Waals surface area (Å²) < 4.78 is 22.4. The number of rotatable bonds is 22. The van der Waals surface area contributed by atoms with E-state index in [4.69, 9.17) is 14.8 Å². The number of quaternary nitrogens is 1. The monoisotopic (exact) mass is 467 g/mol. The number of phosphoric ester groups is 1. The first-order valence-corrected chi connectivity index (χ1v) is 13.9. The molecule has 0 heterocycles. The molecule has 0 aliphatic heterocycles. The van der Waals surface area contributed by atoms with E-state index < -0.39 is 20.0 Å². The van der Waals surface area contributed by atoms with Crippen LogP contribution in [0, 0.1) is 0 Å². The van der Waals surface area contributed by atoms with Gasteiger partial charge < -0.3 is 20.2 Å². The van der Waals surface area contributed by atoms with Crippen molar-refractivity contribution in [2.45, 2.75) is 109 Å². The maximum Gasteiger partial charge on any atom is 0.472 e. The number of aliphatic hydroxyl groups is 1. The van der Waals surface area contributed by atoms with E-state index in [0.717, 1.165) is 12.8 Å². The third-order valence-electron chi connectivity index (χ3n) is 5.54. The molecule has 3 atom stereocenters. The molecule has 0 rings (SSSR count). The summed E-state index contributed by atoms with van der Waals surface area (Å²) >= 11 is 0. The maximum atomic E-state index is 11.9. The number of hydrogen-bond donors (Lipinski definition) is 3. The molecule has 0 saturated carbocycles. The number of nitrogens with zero attached hydrogens (tertiary/aromatic N) is 1. The van der Waals surface area contributed by atoms with Gasteiger partial charge in [-0.3, -0.25) is 9.05 Å². The van der Waals surface area contributed by atoms with Crippen LogP contribution in [0.25, 0.3) is 0 Å². The van der Waals surface area contributed by atoms with Crippen molar-refractivity contribution in [3.8, 4) is 0 Å². The molecule has 4 N–H and O–H groups in total. The van der Waals surface area contributed by atoms with Crippen molar-refractivity contribution >= 4 is 7.82 Å². The molecule has 7 nitrogen and oxygen atoms in total. The Morgan fingerprint density at radius 2 is 1.29 bits per heavy atom. The first-order valence-electron chi connectivity index (χ1n) is 12.4. The smallest absolute Gasteiger partial charge is 0.391 e. The second kappa shape index (κ2) is 18.4. The molecule has 0 radical (unpaired) electrons. The van der Waals surface area contributed by atoms with Crippen LogP contribution in [0.2, 0.25) is 0 Å². The maximum absolute atomic E-state index is 11.9. The lowest BCUT2D eigenvalue weighted by Crippen LogP contribution is -2.39. The zero-order valence-corrected chi connectivity index (χ0v) is 21.7. The highest BCUT2D eigenvalue weighted by Crippen LogP contribution is 2.43. The van der Waals surface area contributed by atoms with Crippen LogP contribution in [-0.2, 0) is 13.6 Å². The second-order valence-corrected chi connectivity index (χ2v) is 11.3. The van der Waals surface area contributed by atoms with E-state index >= 15 is 0 Å². The summed E-state index contributed by atoms with van der Waals surface area (Å²) in [6, 6.07) is -0.695. The minimum atomic E-state index is -4.13. The number of phosphoric acid groups is 1. The molecule has 0 amide bonds. The van der Waals surface area contributed by atoms with Gasteiger partial charge in [-0.2, -0.15) is 0 Å². The first kappa shape index (κ1) is 31.0. The Kier molecular flexibility index (Phi) is 18.4. The molecule has 0 aromatic carbocycles. The van der Waals surface area contributed by atoms with Crippen LogP contribution in [0.3, 0.4) is 0 Å². The van der Waals surface area contributed by atoms with E-state index in [9.17, 15) is 14.6 Å². The Hall–Kier alpha value is -0.0100. The summed E-state index contributed by atoms with van der Waals surface area (Å²) in [6.07, 6.45) is 16.5. The largest absolute Gasteiger partial charge is 0.472 e. The van der Waals surface area contributed by atoms with Crippen molar-refractivity contribution in [1.82, 2.24) is 0 Å². The number of hydrogen-bond acceptors (Lipinski definition) is 5. The molecular weight excluding hydrogens is 415 g/mol. The van der Waals surface area contributed by atoms with Gasteiger partial charge in [0.25, 0.3) is 0 Å². The van der Waals surface area contributed by atoms with Crippen molar-refractivity contribution in [1.29, 1.82) is 0 Å². The van der Waals surface area contributed by atoms with Gasteiger partial charge >= 0.3 is 7.82 Å². The number of unbranched alkanes of at least 4 members (excludes halogenated alkanes) is 12. The lowest BCUT2D eigenvalue weighted by atomic mass is 10.0. The summed E-state index contributed by atoms with van der Waals surface area (Å²) in [4.78, 5) is 9.71. The highest BCUT2D eigenvalue weighted by Gasteiger charge is 2.25. The van der Waals surface area contributed by atoms with Gasteiger partial charge in [-0.05, 0) is 6.42 Å². The van der Waals surface area contributed by atoms with Crippen molar-refractivity contribution in [2.24, 2.45) is 5.73 Å². The van der Waals surface area contributed by atoms with Crippen LogP contribution in [0.15, 0.2) is 0 Å². The summed E-state index contributed by atoms with van der Waals surface area (Å²) in [5.41, 5.74) is 5.90. The molecule has 8 heteroatoms. The quantitative estimate of drug-likeness (QED) is 0.118. The van der Waals surface area contributed by atoms with E-state index in [1.165, 1.54) is 70.6 Å². The third-order valence-corrected chi connectivity index (χ3v) is 6.53. The minimum absolute atomic E-state index is 0.119. The molecule has 0 aliphatic carbocycles. The molecule has 188 valence electrons. The summed E-state index contributed by atoms with van der Waals surface area (Å²) in [5, 5.41) is 10.2. The van der Waals surface area contributed by atoms with Crippen molar-refractivity contribution in [3.63, 3.8) is 0 Å². The number of likely N-dealkylation sites (N-methyl/N-ethyl adjacent to an activating group) is 1. The fourth-order valence-electron chi connectivity index (χ4n) is 3.34. The lowest BCUT2D eigenvalue weighted by molar-refractivity contribution is -0.870. The lowest BCUT2D eigenvalue weighted by Gasteiger charge is -2.24. The predicted molar refractivity (Wildman–Crippen MR) is 129 cm³/mol. The third kappa shape index (κ3) is 21.6. The molecule has 31 heavy (non-hydrogen) atoms. The van der Waals surface area contributed by atoms with Crippen LogP contribution in [-0.4, -0.2) is 67.5 Å². The van der Waals surface area contributed by atoms with Crippen LogP contribution >= 0.6 is 7.82 Å². The predicted octanol–water partition coefficient (Wildman–Crippen LogP) is 5.00. The van der Waals surface area contributed by atoms with Gasteiger partial charge in [0.05, 0.1) is 39.9 Å². The zero-order chi connectivity index (χ0) is 23.6. The number of nitrogens with two attached hydrogens (primary N) is 1. The Morgan fingerprint density at radius 1 is 0.839 bits per heavy atom. The van der Waals surface area contributed by atoms with Gasteiger partial charge in [-0.15, -0.1) is 0 Å². The van der Waals surface area contributed by atoms with Crippen molar-refractivity contribution < 1.29 is 28.1 Å². The molecule has 0 bridgehead atoms. The highest BCUT2D eigenvalue weighted by molar-refractivity contribution is 7.47. The fourth-order valence-corrected chi connectivity index (χ4v) is 4.09. The summed E-state index contributed by atoms with van der Waals surface area (Å²) in [6.45, 7) is 2.76. The molecule has 0 aromatic heterocycles. The fraction of sp³-hybridized carbons (Fsp3) is 1.00.